The van der Waals surface area contributed by atoms with E-state index in [2.05, 4.69) is 25.8 Å². The zero-order valence-electron chi connectivity index (χ0n) is 23.5. The number of benzene rings is 3. The third kappa shape index (κ3) is 8.14. The first-order valence-corrected chi connectivity index (χ1v) is 13.1. The van der Waals surface area contributed by atoms with Gasteiger partial charge in [0.2, 0.25) is 0 Å². The van der Waals surface area contributed by atoms with E-state index >= 15 is 0 Å². The highest BCUT2D eigenvalue weighted by molar-refractivity contribution is 6.03. The van der Waals surface area contributed by atoms with Crippen molar-refractivity contribution in [3.63, 3.8) is 0 Å². The topological polar surface area (TPSA) is 134 Å². The number of amides is 2. The van der Waals surface area contributed by atoms with Crippen LogP contribution in [0.25, 0.3) is 16.1 Å². The second-order valence-corrected chi connectivity index (χ2v) is 10.4. The van der Waals surface area contributed by atoms with Crippen LogP contribution in [0.15, 0.2) is 90.0 Å². The maximum Gasteiger partial charge on any atom is 0.435 e. The molecule has 0 aliphatic heterocycles. The second-order valence-electron chi connectivity index (χ2n) is 10.4. The number of halogens is 3. The average molecular weight is 592 g/mol. The minimum absolute atomic E-state index is 0.0260. The third-order valence-electron chi connectivity index (χ3n) is 5.97. The fraction of sp³-hybridized carbons (Fsp3) is 0.233. The van der Waals surface area contributed by atoms with E-state index in [-0.39, 0.29) is 23.6 Å². The SMILES string of the molecule is CC(C)(C)OC(=O)NCc1cccc(-n2nc(C(F)(F)F)cc2C(=O)Nc2cccc(C(N=[N+]=[N-])c3ccccc3)c2)c1. The van der Waals surface area contributed by atoms with Crippen LogP contribution in [-0.2, 0) is 17.5 Å². The van der Waals surface area contributed by atoms with Crippen molar-refractivity contribution in [1.29, 1.82) is 0 Å². The molecule has 0 fully saturated rings. The number of nitrogens with one attached hydrogen (secondary N) is 2. The number of alkyl halides is 3. The number of anilines is 1. The smallest absolute Gasteiger partial charge is 0.435 e. The molecule has 1 aromatic heterocycles. The summed E-state index contributed by atoms with van der Waals surface area (Å²) < 4.78 is 47.1. The summed E-state index contributed by atoms with van der Waals surface area (Å²) in [6.45, 7) is 5.17. The van der Waals surface area contributed by atoms with E-state index in [4.69, 9.17) is 10.3 Å². The van der Waals surface area contributed by atoms with Gasteiger partial charge in [0.15, 0.2) is 5.69 Å². The number of hydrogen-bond donors (Lipinski definition) is 2. The lowest BCUT2D eigenvalue weighted by atomic mass is 9.99. The molecule has 0 spiro atoms. The molecule has 0 saturated heterocycles. The van der Waals surface area contributed by atoms with E-state index in [9.17, 15) is 22.8 Å². The standard InChI is InChI=1S/C30H28F3N7O3/c1-29(2,3)43-28(42)35-18-19-9-7-14-23(15-19)40-24(17-25(38-40)30(31,32)33)27(41)36-22-13-8-12-21(16-22)26(37-39-34)20-10-5-4-6-11-20/h4-17,26H,18H2,1-3H3,(H,35,42)(H,36,41). The van der Waals surface area contributed by atoms with Gasteiger partial charge in [0, 0.05) is 23.2 Å². The number of carbonyl (C=O) groups excluding carboxylic acids is 2. The van der Waals surface area contributed by atoms with Crippen LogP contribution in [0.1, 0.15) is 59.7 Å². The summed E-state index contributed by atoms with van der Waals surface area (Å²) in [4.78, 5) is 28.3. The van der Waals surface area contributed by atoms with Crippen LogP contribution in [0.2, 0.25) is 0 Å². The zero-order chi connectivity index (χ0) is 31.2. The number of aromatic nitrogens is 2. The summed E-state index contributed by atoms with van der Waals surface area (Å²) >= 11 is 0. The molecule has 0 radical (unpaired) electrons. The summed E-state index contributed by atoms with van der Waals surface area (Å²) in [5.74, 6) is -0.850. The van der Waals surface area contributed by atoms with Crippen molar-refractivity contribution in [2.45, 2.75) is 45.1 Å². The average Bonchev–Trinajstić information content (AvgIpc) is 3.42. The summed E-state index contributed by atoms with van der Waals surface area (Å²) in [6.07, 6.45) is -5.47. The first kappa shape index (κ1) is 30.7. The van der Waals surface area contributed by atoms with Crippen molar-refractivity contribution in [1.82, 2.24) is 15.1 Å². The predicted molar refractivity (Wildman–Crippen MR) is 153 cm³/mol. The first-order valence-electron chi connectivity index (χ1n) is 13.1. The van der Waals surface area contributed by atoms with Crippen LogP contribution in [-0.4, -0.2) is 27.4 Å². The molecular weight excluding hydrogens is 563 g/mol. The molecule has 2 N–H and O–H groups in total. The van der Waals surface area contributed by atoms with Gasteiger partial charge in [0.25, 0.3) is 5.91 Å². The fourth-order valence-electron chi connectivity index (χ4n) is 4.16. The minimum Gasteiger partial charge on any atom is -0.444 e. The van der Waals surface area contributed by atoms with Crippen molar-refractivity contribution < 1.29 is 27.5 Å². The summed E-state index contributed by atoms with van der Waals surface area (Å²) in [5, 5.41) is 12.8. The maximum atomic E-state index is 13.7. The van der Waals surface area contributed by atoms with Crippen LogP contribution in [0.3, 0.4) is 0 Å². The maximum absolute atomic E-state index is 13.7. The number of alkyl carbamates (subject to hydrolysis) is 1. The Morgan fingerprint density at radius 2 is 1.67 bits per heavy atom. The van der Waals surface area contributed by atoms with Crippen LogP contribution in [0.4, 0.5) is 23.7 Å². The number of carbonyl (C=O) groups is 2. The highest BCUT2D eigenvalue weighted by atomic mass is 19.4. The Hall–Kier alpha value is -5.29. The highest BCUT2D eigenvalue weighted by Gasteiger charge is 2.36. The molecule has 43 heavy (non-hydrogen) atoms. The van der Waals surface area contributed by atoms with Crippen LogP contribution in [0.5, 0.6) is 0 Å². The van der Waals surface area contributed by atoms with E-state index in [0.717, 1.165) is 10.2 Å². The number of rotatable bonds is 8. The Bertz CT molecular complexity index is 1660. The van der Waals surface area contributed by atoms with Crippen molar-refractivity contribution >= 4 is 17.7 Å². The van der Waals surface area contributed by atoms with Gasteiger partial charge in [-0.3, -0.25) is 4.79 Å². The van der Waals surface area contributed by atoms with E-state index < -0.39 is 35.5 Å². The molecule has 0 bridgehead atoms. The van der Waals surface area contributed by atoms with E-state index in [1.54, 1.807) is 81.4 Å². The van der Waals surface area contributed by atoms with Gasteiger partial charge in [0.1, 0.15) is 11.3 Å². The second kappa shape index (κ2) is 12.7. The largest absolute Gasteiger partial charge is 0.444 e. The number of hydrogen-bond acceptors (Lipinski definition) is 5. The molecule has 0 saturated carbocycles. The molecule has 1 atom stereocenters. The Balaban J connectivity index is 1.62. The van der Waals surface area contributed by atoms with Gasteiger partial charge in [-0.05, 0) is 67.3 Å². The third-order valence-corrected chi connectivity index (χ3v) is 5.97. The van der Waals surface area contributed by atoms with Crippen molar-refractivity contribution in [2.75, 3.05) is 5.32 Å². The number of ether oxygens (including phenoxy) is 1. The Kier molecular flexibility index (Phi) is 9.06. The van der Waals surface area contributed by atoms with Gasteiger partial charge < -0.3 is 15.4 Å². The van der Waals surface area contributed by atoms with Crippen LogP contribution in [0, 0.1) is 0 Å². The number of nitrogens with zero attached hydrogens (tertiary/aromatic N) is 5. The van der Waals surface area contributed by atoms with E-state index in [1.807, 2.05) is 6.07 Å². The minimum atomic E-state index is -4.81. The van der Waals surface area contributed by atoms with E-state index in [1.165, 1.54) is 12.1 Å². The highest BCUT2D eigenvalue weighted by Crippen LogP contribution is 2.31. The Labute approximate surface area is 245 Å². The molecule has 0 aliphatic rings. The lowest BCUT2D eigenvalue weighted by Crippen LogP contribution is -2.32. The molecule has 13 heteroatoms. The van der Waals surface area contributed by atoms with Gasteiger partial charge in [0.05, 0.1) is 11.7 Å². The van der Waals surface area contributed by atoms with E-state index in [0.29, 0.717) is 17.2 Å². The molecule has 2 amide bonds. The first-order chi connectivity index (χ1) is 20.3. The zero-order valence-corrected chi connectivity index (χ0v) is 23.5. The lowest BCUT2D eigenvalue weighted by molar-refractivity contribution is -0.141. The van der Waals surface area contributed by atoms with Gasteiger partial charge in [-0.1, -0.05) is 59.7 Å². The van der Waals surface area contributed by atoms with Gasteiger partial charge >= 0.3 is 12.3 Å². The summed E-state index contributed by atoms with van der Waals surface area (Å²) in [7, 11) is 0. The lowest BCUT2D eigenvalue weighted by Gasteiger charge is -2.19. The van der Waals surface area contributed by atoms with Crippen molar-refractivity contribution in [3.05, 3.63) is 123 Å². The molecule has 1 unspecified atom stereocenters. The van der Waals surface area contributed by atoms with Gasteiger partial charge in [-0.2, -0.15) is 18.3 Å². The molecule has 1 heterocycles. The number of azide groups is 1. The Morgan fingerprint density at radius 1 is 0.977 bits per heavy atom. The van der Waals surface area contributed by atoms with Crippen LogP contribution >= 0.6 is 0 Å². The monoisotopic (exact) mass is 591 g/mol. The molecule has 222 valence electrons. The molecule has 10 nitrogen and oxygen atoms in total. The van der Waals surface area contributed by atoms with Gasteiger partial charge in [-0.15, -0.1) is 0 Å². The quantitative estimate of drug-likeness (QED) is 0.124. The molecule has 4 rings (SSSR count). The summed E-state index contributed by atoms with van der Waals surface area (Å²) in [6, 6.07) is 21.7. The molecular formula is C30H28F3N7O3. The van der Waals surface area contributed by atoms with Crippen LogP contribution < -0.4 is 10.6 Å². The molecule has 0 aliphatic carbocycles. The van der Waals surface area contributed by atoms with Crippen molar-refractivity contribution in [3.8, 4) is 5.69 Å². The van der Waals surface area contributed by atoms with Crippen molar-refractivity contribution in [2.24, 2.45) is 5.11 Å². The van der Waals surface area contributed by atoms with Gasteiger partial charge in [-0.25, -0.2) is 9.48 Å². The molecule has 3 aromatic carbocycles. The normalized spacial score (nSPS) is 12.1. The molecule has 4 aromatic rings. The fourth-order valence-corrected chi connectivity index (χ4v) is 4.16. The summed E-state index contributed by atoms with van der Waals surface area (Å²) in [5.41, 5.74) is 9.05. The predicted octanol–water partition coefficient (Wildman–Crippen LogP) is 7.57. The Morgan fingerprint density at radius 3 is 2.35 bits per heavy atom.